The summed E-state index contributed by atoms with van der Waals surface area (Å²) >= 11 is 0. The molecule has 6 N–H and O–H groups in total. The van der Waals surface area contributed by atoms with Gasteiger partial charge in [-0.1, -0.05) is 72.8 Å². The Morgan fingerprint density at radius 1 is 0.844 bits per heavy atom. The third-order valence-electron chi connectivity index (χ3n) is 6.98. The molecule has 5 aromatic rings. The standard InChI is InChI=1S/C32H30N8O5/c1-19(21-11-6-3-7-12-21)33-30(43)26-17-24(41)18-27(35-26)31(44)36-25(15-20-9-4-2-5-10-20)28(42)32(45)34-23-14-8-13-22(16-23)29-37-39-40-38-29/h2-14,16-19,25,28,42H,15H2,1H3,(H,33,43)(H,34,45)(H,35,41)(H,36,44)(H,37,38,39,40)/t19-,25+,28+/m1/s1. The first-order valence-corrected chi connectivity index (χ1v) is 14.0. The molecule has 0 fully saturated rings. The van der Waals surface area contributed by atoms with Gasteiger partial charge in [-0.25, -0.2) is 0 Å². The molecule has 0 radical (unpaired) electrons. The van der Waals surface area contributed by atoms with Crippen molar-refractivity contribution in [1.82, 2.24) is 36.2 Å². The van der Waals surface area contributed by atoms with Crippen molar-refractivity contribution in [3.63, 3.8) is 0 Å². The predicted octanol–water partition coefficient (Wildman–Crippen LogP) is 2.39. The number of carbonyl (C=O) groups excluding carboxylic acids is 3. The highest BCUT2D eigenvalue weighted by molar-refractivity contribution is 5.98. The molecule has 0 bridgehead atoms. The Bertz CT molecular complexity index is 1830. The Morgan fingerprint density at radius 3 is 2.18 bits per heavy atom. The number of nitrogens with zero attached hydrogens (tertiary/aromatic N) is 3. The Labute approximate surface area is 257 Å². The minimum absolute atomic E-state index is 0.0864. The molecule has 0 aliphatic carbocycles. The average Bonchev–Trinajstić information content (AvgIpc) is 3.60. The molecule has 3 amide bonds. The summed E-state index contributed by atoms with van der Waals surface area (Å²) in [6.45, 7) is 1.80. The van der Waals surface area contributed by atoms with Gasteiger partial charge in [-0.05, 0) is 41.8 Å². The highest BCUT2D eigenvalue weighted by atomic mass is 16.3. The number of anilines is 1. The van der Waals surface area contributed by atoms with Crippen molar-refractivity contribution in [2.45, 2.75) is 31.5 Å². The number of tetrazole rings is 1. The molecule has 13 heteroatoms. The van der Waals surface area contributed by atoms with Gasteiger partial charge in [0.2, 0.25) is 5.82 Å². The summed E-state index contributed by atoms with van der Waals surface area (Å²) in [4.78, 5) is 54.8. The van der Waals surface area contributed by atoms with Gasteiger partial charge in [-0.2, -0.15) is 5.21 Å². The van der Waals surface area contributed by atoms with E-state index in [2.05, 4.69) is 41.6 Å². The minimum Gasteiger partial charge on any atom is -0.381 e. The van der Waals surface area contributed by atoms with Gasteiger partial charge in [0.15, 0.2) is 11.5 Å². The second kappa shape index (κ2) is 14.0. The van der Waals surface area contributed by atoms with Crippen LogP contribution in [0.5, 0.6) is 0 Å². The molecule has 0 unspecified atom stereocenters. The molecule has 0 aliphatic heterocycles. The van der Waals surface area contributed by atoms with Gasteiger partial charge in [0.25, 0.3) is 17.7 Å². The van der Waals surface area contributed by atoms with E-state index in [4.69, 9.17) is 0 Å². The SMILES string of the molecule is C[C@@H](NC(=O)c1cc(=O)cc(C(=O)N[C@@H](Cc2ccccc2)[C@H](O)C(=O)Nc2cccc(-c3nn[nH]n3)c2)[nH]1)c1ccccc1. The zero-order valence-electron chi connectivity index (χ0n) is 24.1. The van der Waals surface area contributed by atoms with Gasteiger partial charge in [0, 0.05) is 23.4 Å². The van der Waals surface area contributed by atoms with Crippen molar-refractivity contribution < 1.29 is 19.5 Å². The molecule has 45 heavy (non-hydrogen) atoms. The lowest BCUT2D eigenvalue weighted by molar-refractivity contribution is -0.125. The van der Waals surface area contributed by atoms with Gasteiger partial charge in [0.05, 0.1) is 12.1 Å². The van der Waals surface area contributed by atoms with Crippen LogP contribution in [0, 0.1) is 0 Å². The number of rotatable bonds is 11. The van der Waals surface area contributed by atoms with Crippen LogP contribution in [0.25, 0.3) is 11.4 Å². The fourth-order valence-electron chi connectivity index (χ4n) is 4.66. The van der Waals surface area contributed by atoms with E-state index in [0.29, 0.717) is 17.1 Å². The Hall–Kier alpha value is -5.95. The summed E-state index contributed by atoms with van der Waals surface area (Å²) in [5.74, 6) is -1.83. The molecule has 0 saturated heterocycles. The first kappa shape index (κ1) is 30.5. The van der Waals surface area contributed by atoms with Crippen molar-refractivity contribution in [3.05, 3.63) is 130 Å². The minimum atomic E-state index is -1.70. The normalized spacial score (nSPS) is 12.8. The maximum Gasteiger partial charge on any atom is 0.268 e. The lowest BCUT2D eigenvalue weighted by Crippen LogP contribution is -2.50. The number of nitrogens with one attached hydrogen (secondary N) is 5. The number of aliphatic hydroxyl groups is 1. The van der Waals surface area contributed by atoms with Gasteiger partial charge in [0.1, 0.15) is 11.4 Å². The van der Waals surface area contributed by atoms with Crippen molar-refractivity contribution in [3.8, 4) is 11.4 Å². The molecule has 3 aromatic carbocycles. The largest absolute Gasteiger partial charge is 0.381 e. The van der Waals surface area contributed by atoms with E-state index in [1.54, 1.807) is 55.5 Å². The second-order valence-electron chi connectivity index (χ2n) is 10.3. The zero-order chi connectivity index (χ0) is 31.8. The Balaban J connectivity index is 1.33. The summed E-state index contributed by atoms with van der Waals surface area (Å²) in [5.41, 5.74) is 1.64. The molecule has 0 saturated carbocycles. The Kier molecular flexibility index (Phi) is 9.50. The number of hydrogen-bond donors (Lipinski definition) is 6. The lowest BCUT2D eigenvalue weighted by atomic mass is 10.00. The molecule has 0 spiro atoms. The summed E-state index contributed by atoms with van der Waals surface area (Å²) in [6.07, 6.45) is -1.61. The third-order valence-corrected chi connectivity index (χ3v) is 6.98. The molecule has 3 atom stereocenters. The van der Waals surface area contributed by atoms with E-state index in [-0.39, 0.29) is 23.9 Å². The molecular weight excluding hydrogens is 576 g/mol. The summed E-state index contributed by atoms with van der Waals surface area (Å²) < 4.78 is 0. The lowest BCUT2D eigenvalue weighted by Gasteiger charge is -2.24. The number of H-pyrrole nitrogens is 2. The smallest absolute Gasteiger partial charge is 0.268 e. The van der Waals surface area contributed by atoms with Gasteiger partial charge >= 0.3 is 0 Å². The molecule has 2 heterocycles. The first-order valence-electron chi connectivity index (χ1n) is 14.0. The van der Waals surface area contributed by atoms with Crippen molar-refractivity contribution in [2.75, 3.05) is 5.32 Å². The predicted molar refractivity (Wildman–Crippen MR) is 165 cm³/mol. The van der Waals surface area contributed by atoms with E-state index < -0.39 is 35.3 Å². The van der Waals surface area contributed by atoms with Crippen LogP contribution in [-0.4, -0.2) is 60.6 Å². The van der Waals surface area contributed by atoms with E-state index in [9.17, 15) is 24.3 Å². The third kappa shape index (κ3) is 7.91. The fraction of sp³-hybridized carbons (Fsp3) is 0.156. The van der Waals surface area contributed by atoms with Crippen LogP contribution in [0.3, 0.4) is 0 Å². The van der Waals surface area contributed by atoms with Crippen LogP contribution in [0.15, 0.2) is 102 Å². The van der Waals surface area contributed by atoms with Crippen LogP contribution in [0.1, 0.15) is 45.1 Å². The quantitative estimate of drug-likeness (QED) is 0.132. The zero-order valence-corrected chi connectivity index (χ0v) is 24.1. The van der Waals surface area contributed by atoms with Gasteiger partial charge in [-0.3, -0.25) is 19.2 Å². The number of benzene rings is 3. The maximum atomic E-state index is 13.4. The van der Waals surface area contributed by atoms with Crippen LogP contribution in [0.4, 0.5) is 5.69 Å². The highest BCUT2D eigenvalue weighted by Crippen LogP contribution is 2.19. The number of aromatic nitrogens is 5. The topological polar surface area (TPSA) is 195 Å². The summed E-state index contributed by atoms with van der Waals surface area (Å²) in [6, 6.07) is 25.6. The van der Waals surface area contributed by atoms with Crippen molar-refractivity contribution in [2.24, 2.45) is 0 Å². The monoisotopic (exact) mass is 606 g/mol. The number of aliphatic hydroxyl groups excluding tert-OH is 1. The highest BCUT2D eigenvalue weighted by Gasteiger charge is 2.29. The van der Waals surface area contributed by atoms with E-state index in [1.807, 2.05) is 36.4 Å². The van der Waals surface area contributed by atoms with E-state index in [0.717, 1.165) is 23.3 Å². The Morgan fingerprint density at radius 2 is 1.51 bits per heavy atom. The maximum absolute atomic E-state index is 13.4. The van der Waals surface area contributed by atoms with Gasteiger partial charge < -0.3 is 26.0 Å². The molecule has 0 aliphatic rings. The average molecular weight is 607 g/mol. The number of aromatic amines is 2. The number of hydrogen-bond acceptors (Lipinski definition) is 8. The fourth-order valence-corrected chi connectivity index (χ4v) is 4.66. The molecular formula is C32H30N8O5. The van der Waals surface area contributed by atoms with Crippen LogP contribution in [-0.2, 0) is 11.2 Å². The van der Waals surface area contributed by atoms with Gasteiger partial charge in [-0.15, -0.1) is 10.2 Å². The molecule has 5 rings (SSSR count). The second-order valence-corrected chi connectivity index (χ2v) is 10.3. The van der Waals surface area contributed by atoms with Crippen LogP contribution in [0.2, 0.25) is 0 Å². The van der Waals surface area contributed by atoms with Crippen LogP contribution >= 0.6 is 0 Å². The number of amides is 3. The van der Waals surface area contributed by atoms with E-state index in [1.165, 1.54) is 0 Å². The first-order chi connectivity index (χ1) is 21.8. The summed E-state index contributed by atoms with van der Waals surface area (Å²) in [5, 5.41) is 33.0. The van der Waals surface area contributed by atoms with Crippen molar-refractivity contribution >= 4 is 23.4 Å². The molecule has 228 valence electrons. The number of carbonyl (C=O) groups is 3. The number of pyridine rings is 1. The molecule has 2 aromatic heterocycles. The van der Waals surface area contributed by atoms with Crippen LogP contribution < -0.4 is 21.4 Å². The summed E-state index contributed by atoms with van der Waals surface area (Å²) in [7, 11) is 0. The molecule has 13 nitrogen and oxygen atoms in total. The van der Waals surface area contributed by atoms with E-state index >= 15 is 0 Å². The van der Waals surface area contributed by atoms with Crippen molar-refractivity contribution in [1.29, 1.82) is 0 Å².